The Labute approximate surface area is 101 Å². The summed E-state index contributed by atoms with van der Waals surface area (Å²) in [4.78, 5) is 13.1. The van der Waals surface area contributed by atoms with E-state index in [0.717, 1.165) is 4.47 Å². The van der Waals surface area contributed by atoms with Gasteiger partial charge in [0.25, 0.3) is 0 Å². The van der Waals surface area contributed by atoms with E-state index in [0.29, 0.717) is 18.7 Å². The number of carbonyl (C=O) groups is 1. The van der Waals surface area contributed by atoms with Crippen molar-refractivity contribution in [3.8, 4) is 0 Å². The Morgan fingerprint density at radius 2 is 2.27 bits per heavy atom. The summed E-state index contributed by atoms with van der Waals surface area (Å²) in [5, 5.41) is 0.0349. The number of hydrogen-bond donors (Lipinski definition) is 1. The van der Waals surface area contributed by atoms with Gasteiger partial charge in [0, 0.05) is 22.7 Å². The van der Waals surface area contributed by atoms with Gasteiger partial charge in [0.05, 0.1) is 5.69 Å². The second-order valence-electron chi connectivity index (χ2n) is 3.46. The van der Waals surface area contributed by atoms with E-state index in [1.54, 1.807) is 11.0 Å². The lowest BCUT2D eigenvalue weighted by molar-refractivity contribution is -0.117. The van der Waals surface area contributed by atoms with E-state index >= 15 is 0 Å². The van der Waals surface area contributed by atoms with Crippen LogP contribution in [0.1, 0.15) is 6.42 Å². The lowest BCUT2D eigenvalue weighted by Crippen LogP contribution is -2.25. The lowest BCUT2D eigenvalue weighted by atomic mass is 10.3. The van der Waals surface area contributed by atoms with E-state index in [4.69, 9.17) is 0 Å². The normalized spacial score (nSPS) is 21.1. The monoisotopic (exact) mass is 289 g/mol. The zero-order valence-corrected chi connectivity index (χ0v) is 10.3. The molecule has 0 saturated carbocycles. The van der Waals surface area contributed by atoms with Gasteiger partial charge in [-0.2, -0.15) is 12.6 Å². The minimum absolute atomic E-state index is 0.0127. The van der Waals surface area contributed by atoms with Gasteiger partial charge >= 0.3 is 0 Å². The largest absolute Gasteiger partial charge is 0.310 e. The van der Waals surface area contributed by atoms with E-state index in [2.05, 4.69) is 28.6 Å². The van der Waals surface area contributed by atoms with Gasteiger partial charge in [0.1, 0.15) is 5.82 Å². The molecule has 1 aromatic carbocycles. The highest BCUT2D eigenvalue weighted by Crippen LogP contribution is 2.31. The van der Waals surface area contributed by atoms with E-state index in [9.17, 15) is 9.18 Å². The van der Waals surface area contributed by atoms with Gasteiger partial charge in [0.2, 0.25) is 5.91 Å². The summed E-state index contributed by atoms with van der Waals surface area (Å²) in [5.74, 6) is -0.357. The highest BCUT2D eigenvalue weighted by Gasteiger charge is 2.29. The first-order valence-electron chi connectivity index (χ1n) is 4.51. The number of rotatable bonds is 1. The molecule has 0 bridgehead atoms. The van der Waals surface area contributed by atoms with Crippen LogP contribution in [0.25, 0.3) is 0 Å². The third-order valence-corrected chi connectivity index (χ3v) is 3.32. The van der Waals surface area contributed by atoms with Gasteiger partial charge in [0.15, 0.2) is 0 Å². The molecular formula is C10H9BrFNOS. The molecule has 1 saturated heterocycles. The number of carbonyl (C=O) groups excluding carboxylic acids is 1. The van der Waals surface area contributed by atoms with Gasteiger partial charge in [-0.15, -0.1) is 0 Å². The quantitative estimate of drug-likeness (QED) is 0.788. The maximum Gasteiger partial charge on any atom is 0.228 e. The Kier molecular flexibility index (Phi) is 3.02. The summed E-state index contributed by atoms with van der Waals surface area (Å²) in [5.41, 5.74) is 0.580. The lowest BCUT2D eigenvalue weighted by Gasteiger charge is -2.17. The molecule has 5 heteroatoms. The molecule has 0 spiro atoms. The van der Waals surface area contributed by atoms with E-state index in [1.807, 2.05) is 0 Å². The summed E-state index contributed by atoms with van der Waals surface area (Å²) >= 11 is 7.55. The first-order valence-corrected chi connectivity index (χ1v) is 5.82. The fourth-order valence-corrected chi connectivity index (χ4v) is 2.39. The van der Waals surface area contributed by atoms with E-state index < -0.39 is 0 Å². The van der Waals surface area contributed by atoms with Gasteiger partial charge in [-0.25, -0.2) is 4.39 Å². The van der Waals surface area contributed by atoms with Crippen molar-refractivity contribution in [3.63, 3.8) is 0 Å². The number of nitrogens with zero attached hydrogens (tertiary/aromatic N) is 1. The molecule has 80 valence electrons. The minimum Gasteiger partial charge on any atom is -0.310 e. The van der Waals surface area contributed by atoms with Crippen LogP contribution in [0.3, 0.4) is 0 Å². The van der Waals surface area contributed by atoms with Crippen molar-refractivity contribution in [1.82, 2.24) is 0 Å². The molecule has 1 aliphatic rings. The van der Waals surface area contributed by atoms with Crippen LogP contribution in [-0.4, -0.2) is 17.7 Å². The number of amides is 1. The van der Waals surface area contributed by atoms with Crippen molar-refractivity contribution in [2.45, 2.75) is 11.7 Å². The van der Waals surface area contributed by atoms with Crippen molar-refractivity contribution < 1.29 is 9.18 Å². The molecule has 1 atom stereocenters. The molecule has 0 aromatic heterocycles. The molecule has 2 rings (SSSR count). The van der Waals surface area contributed by atoms with Crippen LogP contribution >= 0.6 is 28.6 Å². The van der Waals surface area contributed by atoms with Gasteiger partial charge in [-0.1, -0.05) is 0 Å². The van der Waals surface area contributed by atoms with Gasteiger partial charge in [-0.3, -0.25) is 4.79 Å². The Bertz CT molecular complexity index is 412. The SMILES string of the molecule is O=C1CC(S)CN1c1cc(F)ccc1Br. The molecule has 1 fully saturated rings. The molecule has 15 heavy (non-hydrogen) atoms. The van der Waals surface area contributed by atoms with Crippen LogP contribution in [-0.2, 0) is 4.79 Å². The number of thiol groups is 1. The predicted octanol–water partition coefficient (Wildman–Crippen LogP) is 2.62. The van der Waals surface area contributed by atoms with Crippen LogP contribution in [0.2, 0.25) is 0 Å². The second kappa shape index (κ2) is 4.14. The molecule has 1 aromatic rings. The summed E-state index contributed by atoms with van der Waals surface area (Å²) in [7, 11) is 0. The minimum atomic E-state index is -0.344. The maximum atomic E-state index is 13.0. The summed E-state index contributed by atoms with van der Waals surface area (Å²) in [6.45, 7) is 0.532. The predicted molar refractivity (Wildman–Crippen MR) is 63.8 cm³/mol. The van der Waals surface area contributed by atoms with Crippen LogP contribution in [0.5, 0.6) is 0 Å². The number of hydrogen-bond acceptors (Lipinski definition) is 2. The number of benzene rings is 1. The standard InChI is InChI=1S/C10H9BrFNOS/c11-8-2-1-6(12)3-9(8)13-5-7(15)4-10(13)14/h1-3,7,15H,4-5H2. The summed E-state index contributed by atoms with van der Waals surface area (Å²) in [6, 6.07) is 4.31. The highest BCUT2D eigenvalue weighted by molar-refractivity contribution is 9.10. The van der Waals surface area contributed by atoms with Crippen molar-refractivity contribution >= 4 is 40.2 Å². The second-order valence-corrected chi connectivity index (χ2v) is 5.04. The van der Waals surface area contributed by atoms with Crippen molar-refractivity contribution in [2.75, 3.05) is 11.4 Å². The Morgan fingerprint density at radius 3 is 2.87 bits per heavy atom. The molecule has 1 unspecified atom stereocenters. The zero-order valence-electron chi connectivity index (χ0n) is 7.78. The number of halogens is 2. The average Bonchev–Trinajstić information content (AvgIpc) is 2.50. The Hall–Kier alpha value is -0.550. The summed E-state index contributed by atoms with van der Waals surface area (Å²) in [6.07, 6.45) is 0.409. The first kappa shape index (κ1) is 11.0. The Morgan fingerprint density at radius 1 is 1.53 bits per heavy atom. The van der Waals surface area contributed by atoms with Crippen molar-refractivity contribution in [3.05, 3.63) is 28.5 Å². The molecule has 0 N–H and O–H groups in total. The smallest absolute Gasteiger partial charge is 0.228 e. The summed E-state index contributed by atoms with van der Waals surface area (Å²) < 4.78 is 13.8. The fraction of sp³-hybridized carbons (Fsp3) is 0.300. The van der Waals surface area contributed by atoms with Crippen molar-refractivity contribution in [1.29, 1.82) is 0 Å². The topological polar surface area (TPSA) is 20.3 Å². The maximum absolute atomic E-state index is 13.0. The van der Waals surface area contributed by atoms with Gasteiger partial charge in [-0.05, 0) is 34.1 Å². The molecule has 0 aliphatic carbocycles. The van der Waals surface area contributed by atoms with E-state index in [-0.39, 0.29) is 17.0 Å². The molecule has 1 heterocycles. The van der Waals surface area contributed by atoms with Crippen LogP contribution in [0, 0.1) is 5.82 Å². The first-order chi connectivity index (χ1) is 7.08. The third-order valence-electron chi connectivity index (χ3n) is 2.30. The van der Waals surface area contributed by atoms with Crippen LogP contribution < -0.4 is 4.90 Å². The average molecular weight is 290 g/mol. The third kappa shape index (κ3) is 2.18. The zero-order chi connectivity index (χ0) is 11.0. The van der Waals surface area contributed by atoms with Crippen LogP contribution in [0.15, 0.2) is 22.7 Å². The molecular weight excluding hydrogens is 281 g/mol. The molecule has 2 nitrogen and oxygen atoms in total. The molecule has 1 aliphatic heterocycles. The number of anilines is 1. The van der Waals surface area contributed by atoms with E-state index in [1.165, 1.54) is 12.1 Å². The van der Waals surface area contributed by atoms with Crippen molar-refractivity contribution in [2.24, 2.45) is 0 Å². The Balaban J connectivity index is 2.37. The van der Waals surface area contributed by atoms with Gasteiger partial charge < -0.3 is 4.90 Å². The fourth-order valence-electron chi connectivity index (χ4n) is 1.61. The molecule has 0 radical (unpaired) electrons. The van der Waals surface area contributed by atoms with Crippen LogP contribution in [0.4, 0.5) is 10.1 Å². The molecule has 1 amide bonds. The highest BCUT2D eigenvalue weighted by atomic mass is 79.9.